The van der Waals surface area contributed by atoms with Gasteiger partial charge in [0.05, 0.1) is 12.3 Å². The van der Waals surface area contributed by atoms with Crippen molar-refractivity contribution < 1.29 is 13.9 Å². The van der Waals surface area contributed by atoms with Crippen molar-refractivity contribution in [1.82, 2.24) is 4.98 Å². The largest absolute Gasteiger partial charge is 0.359 e. The van der Waals surface area contributed by atoms with E-state index in [1.54, 1.807) is 7.11 Å². The van der Waals surface area contributed by atoms with E-state index in [-0.39, 0.29) is 12.6 Å². The van der Waals surface area contributed by atoms with Crippen molar-refractivity contribution in [3.8, 4) is 0 Å². The predicted octanol–water partition coefficient (Wildman–Crippen LogP) is 2.51. The van der Waals surface area contributed by atoms with Crippen molar-refractivity contribution in [3.63, 3.8) is 0 Å². The zero-order valence-electron chi connectivity index (χ0n) is 8.72. The van der Waals surface area contributed by atoms with Gasteiger partial charge in [0, 0.05) is 12.7 Å². The van der Waals surface area contributed by atoms with Crippen LogP contribution in [0.2, 0.25) is 0 Å². The van der Waals surface area contributed by atoms with Crippen molar-refractivity contribution in [2.45, 2.75) is 20.0 Å². The van der Waals surface area contributed by atoms with E-state index in [4.69, 9.17) is 9.47 Å². The van der Waals surface area contributed by atoms with Gasteiger partial charge in [0.2, 0.25) is 0 Å². The molecule has 15 heavy (non-hydrogen) atoms. The Morgan fingerprint density at radius 1 is 1.53 bits per heavy atom. The van der Waals surface area contributed by atoms with Crippen LogP contribution in [0.1, 0.15) is 18.2 Å². The summed E-state index contributed by atoms with van der Waals surface area (Å²) in [7, 11) is 1.55. The Bertz CT molecular complexity index is 333. The fourth-order valence-corrected chi connectivity index (χ4v) is 1.73. The average molecular weight is 325 g/mol. The first-order valence-electron chi connectivity index (χ1n) is 4.59. The highest BCUT2D eigenvalue weighted by Crippen LogP contribution is 2.15. The smallest absolute Gasteiger partial charge is 0.146 e. The van der Waals surface area contributed by atoms with Gasteiger partial charge >= 0.3 is 0 Å². The maximum absolute atomic E-state index is 13.4. The van der Waals surface area contributed by atoms with Gasteiger partial charge in [-0.2, -0.15) is 0 Å². The van der Waals surface area contributed by atoms with E-state index in [0.717, 1.165) is 9.26 Å². The minimum atomic E-state index is -0.270. The van der Waals surface area contributed by atoms with Crippen LogP contribution in [0.4, 0.5) is 4.39 Å². The number of rotatable bonds is 5. The molecule has 5 heteroatoms. The van der Waals surface area contributed by atoms with Crippen LogP contribution in [0.25, 0.3) is 0 Å². The van der Waals surface area contributed by atoms with E-state index in [0.29, 0.717) is 18.7 Å². The van der Waals surface area contributed by atoms with E-state index < -0.39 is 0 Å². The van der Waals surface area contributed by atoms with Gasteiger partial charge < -0.3 is 9.47 Å². The SMILES string of the molecule is CCc1nc(I)c(COCOC)cc1F. The summed E-state index contributed by atoms with van der Waals surface area (Å²) in [6.45, 7) is 2.40. The van der Waals surface area contributed by atoms with Crippen molar-refractivity contribution in [2.24, 2.45) is 0 Å². The molecule has 0 fully saturated rings. The monoisotopic (exact) mass is 325 g/mol. The molecule has 1 aromatic heterocycles. The average Bonchev–Trinajstić information content (AvgIpc) is 2.23. The summed E-state index contributed by atoms with van der Waals surface area (Å²) in [5.74, 6) is -0.270. The third-order valence-corrected chi connectivity index (χ3v) is 2.80. The molecule has 0 aliphatic rings. The summed E-state index contributed by atoms with van der Waals surface area (Å²) in [6.07, 6.45) is 0.598. The van der Waals surface area contributed by atoms with Gasteiger partial charge in [-0.05, 0) is 35.1 Å². The van der Waals surface area contributed by atoms with Gasteiger partial charge in [-0.25, -0.2) is 9.37 Å². The van der Waals surface area contributed by atoms with Crippen LogP contribution in [0.5, 0.6) is 0 Å². The maximum atomic E-state index is 13.4. The molecule has 0 aliphatic carbocycles. The molecular weight excluding hydrogens is 312 g/mol. The lowest BCUT2D eigenvalue weighted by molar-refractivity contribution is -0.0394. The Balaban J connectivity index is 2.76. The number of halogens is 2. The summed E-state index contributed by atoms with van der Waals surface area (Å²) < 4.78 is 24.1. The number of nitrogens with zero attached hydrogens (tertiary/aromatic N) is 1. The van der Waals surface area contributed by atoms with Gasteiger partial charge in [0.25, 0.3) is 0 Å². The molecule has 0 N–H and O–H groups in total. The zero-order chi connectivity index (χ0) is 11.3. The summed E-state index contributed by atoms with van der Waals surface area (Å²) >= 11 is 2.08. The summed E-state index contributed by atoms with van der Waals surface area (Å²) in [5, 5.41) is 0. The molecule has 84 valence electrons. The molecule has 1 rings (SSSR count). The molecule has 0 amide bonds. The van der Waals surface area contributed by atoms with Gasteiger partial charge in [-0.15, -0.1) is 0 Å². The van der Waals surface area contributed by atoms with Crippen molar-refractivity contribution in [3.05, 3.63) is 26.8 Å². The number of hydrogen-bond donors (Lipinski definition) is 0. The van der Waals surface area contributed by atoms with Crippen LogP contribution in [-0.4, -0.2) is 18.9 Å². The van der Waals surface area contributed by atoms with E-state index >= 15 is 0 Å². The summed E-state index contributed by atoms with van der Waals surface area (Å²) in [4.78, 5) is 4.16. The molecule has 0 aliphatic heterocycles. The normalized spacial score (nSPS) is 10.7. The number of methoxy groups -OCH3 is 1. The molecule has 0 atom stereocenters. The fourth-order valence-electron chi connectivity index (χ4n) is 1.12. The lowest BCUT2D eigenvalue weighted by Gasteiger charge is -2.07. The first-order valence-corrected chi connectivity index (χ1v) is 5.67. The van der Waals surface area contributed by atoms with Crippen LogP contribution in [0, 0.1) is 9.52 Å². The first-order chi connectivity index (χ1) is 7.19. The van der Waals surface area contributed by atoms with Crippen LogP contribution >= 0.6 is 22.6 Å². The quantitative estimate of drug-likeness (QED) is 0.361. The number of aryl methyl sites for hydroxylation is 1. The topological polar surface area (TPSA) is 31.4 Å². The lowest BCUT2D eigenvalue weighted by Crippen LogP contribution is -2.04. The number of pyridine rings is 1. The lowest BCUT2D eigenvalue weighted by atomic mass is 10.2. The van der Waals surface area contributed by atoms with E-state index in [2.05, 4.69) is 27.6 Å². The first kappa shape index (κ1) is 12.8. The van der Waals surface area contributed by atoms with Crippen LogP contribution in [0.15, 0.2) is 6.07 Å². The summed E-state index contributed by atoms with van der Waals surface area (Å²) in [6, 6.07) is 1.48. The Labute approximate surface area is 102 Å². The van der Waals surface area contributed by atoms with Crippen molar-refractivity contribution in [1.29, 1.82) is 0 Å². The standard InChI is InChI=1S/C10H13FINO2/c1-3-9-8(11)4-7(10(12)13-9)5-15-6-14-2/h4H,3,5-6H2,1-2H3. The Kier molecular flexibility index (Phi) is 5.41. The second kappa shape index (κ2) is 6.34. The van der Waals surface area contributed by atoms with Crippen LogP contribution in [0.3, 0.4) is 0 Å². The third-order valence-electron chi connectivity index (χ3n) is 1.87. The number of ether oxygens (including phenoxy) is 2. The molecule has 3 nitrogen and oxygen atoms in total. The van der Waals surface area contributed by atoms with Crippen LogP contribution < -0.4 is 0 Å². The Hall–Kier alpha value is -0.270. The predicted molar refractivity (Wildman–Crippen MR) is 63.0 cm³/mol. The molecule has 0 saturated heterocycles. The molecule has 0 spiro atoms. The van der Waals surface area contributed by atoms with Crippen molar-refractivity contribution >= 4 is 22.6 Å². The molecule has 0 aromatic carbocycles. The maximum Gasteiger partial charge on any atom is 0.146 e. The minimum absolute atomic E-state index is 0.202. The highest BCUT2D eigenvalue weighted by molar-refractivity contribution is 14.1. The Morgan fingerprint density at radius 2 is 2.27 bits per heavy atom. The third kappa shape index (κ3) is 3.66. The van der Waals surface area contributed by atoms with Crippen molar-refractivity contribution in [2.75, 3.05) is 13.9 Å². The molecular formula is C10H13FINO2. The summed E-state index contributed by atoms with van der Waals surface area (Å²) in [5.41, 5.74) is 1.25. The van der Waals surface area contributed by atoms with Gasteiger partial charge in [-0.3, -0.25) is 0 Å². The molecule has 0 unspecified atom stereocenters. The number of hydrogen-bond acceptors (Lipinski definition) is 3. The van der Waals surface area contributed by atoms with E-state index in [9.17, 15) is 4.39 Å². The highest BCUT2D eigenvalue weighted by Gasteiger charge is 2.08. The molecule has 1 heterocycles. The molecule has 1 aromatic rings. The van der Waals surface area contributed by atoms with Gasteiger partial charge in [0.15, 0.2) is 0 Å². The molecule has 0 saturated carbocycles. The minimum Gasteiger partial charge on any atom is -0.359 e. The second-order valence-electron chi connectivity index (χ2n) is 2.98. The molecule has 0 bridgehead atoms. The second-order valence-corrected chi connectivity index (χ2v) is 4.00. The van der Waals surface area contributed by atoms with Gasteiger partial charge in [0.1, 0.15) is 16.3 Å². The van der Waals surface area contributed by atoms with E-state index in [1.165, 1.54) is 6.07 Å². The molecule has 0 radical (unpaired) electrons. The highest BCUT2D eigenvalue weighted by atomic mass is 127. The van der Waals surface area contributed by atoms with Gasteiger partial charge in [-0.1, -0.05) is 6.92 Å². The Morgan fingerprint density at radius 3 is 2.87 bits per heavy atom. The number of aromatic nitrogens is 1. The zero-order valence-corrected chi connectivity index (χ0v) is 10.9. The van der Waals surface area contributed by atoms with E-state index in [1.807, 2.05) is 6.92 Å². The fraction of sp³-hybridized carbons (Fsp3) is 0.500. The van der Waals surface area contributed by atoms with Crippen LogP contribution in [-0.2, 0) is 22.5 Å².